The molecule has 1 aliphatic rings. The van der Waals surface area contributed by atoms with Gasteiger partial charge in [0.25, 0.3) is 0 Å². The average molecular weight is 412 g/mol. The van der Waals surface area contributed by atoms with Crippen LogP contribution in [0.4, 0.5) is 5.69 Å². The molecule has 0 saturated carbocycles. The Bertz CT molecular complexity index is 707. The van der Waals surface area contributed by atoms with Crippen LogP contribution in [0.3, 0.4) is 0 Å². The van der Waals surface area contributed by atoms with E-state index in [0.717, 1.165) is 30.1 Å². The van der Waals surface area contributed by atoms with Gasteiger partial charge in [-0.3, -0.25) is 4.79 Å². The lowest BCUT2D eigenvalue weighted by Gasteiger charge is -2.37. The van der Waals surface area contributed by atoms with Gasteiger partial charge in [0.2, 0.25) is 5.91 Å². The number of hydrogen-bond acceptors (Lipinski definition) is 4. The van der Waals surface area contributed by atoms with Crippen molar-refractivity contribution >= 4 is 36.4 Å². The fourth-order valence-electron chi connectivity index (χ4n) is 3.25. The van der Waals surface area contributed by atoms with Gasteiger partial charge in [-0.05, 0) is 24.1 Å². The Hall–Kier alpha value is -1.95. The zero-order chi connectivity index (χ0) is 17.6. The molecule has 0 bridgehead atoms. The number of benzene rings is 2. The first kappa shape index (κ1) is 23.1. The van der Waals surface area contributed by atoms with E-state index in [2.05, 4.69) is 11.0 Å². The quantitative estimate of drug-likeness (QED) is 0.821. The minimum absolute atomic E-state index is 0. The Morgan fingerprint density at radius 3 is 2.22 bits per heavy atom. The number of piperazine rings is 1. The zero-order valence-corrected chi connectivity index (χ0v) is 17.0. The number of anilines is 1. The first-order chi connectivity index (χ1) is 12.2. The second-order valence-corrected chi connectivity index (χ2v) is 6.28. The first-order valence-corrected chi connectivity index (χ1v) is 8.65. The normalized spacial score (nSPS) is 14.6. The van der Waals surface area contributed by atoms with E-state index >= 15 is 0 Å². The van der Waals surface area contributed by atoms with Crippen molar-refractivity contribution in [1.82, 2.24) is 4.90 Å². The minimum atomic E-state index is -0.486. The highest BCUT2D eigenvalue weighted by molar-refractivity contribution is 5.85. The van der Waals surface area contributed by atoms with Gasteiger partial charge >= 0.3 is 0 Å². The number of methoxy groups -OCH3 is 1. The molecule has 1 aliphatic heterocycles. The van der Waals surface area contributed by atoms with Gasteiger partial charge < -0.3 is 20.3 Å². The number of rotatable bonds is 5. The highest BCUT2D eigenvalue weighted by Crippen LogP contribution is 2.28. The van der Waals surface area contributed by atoms with Crippen LogP contribution in [0, 0.1) is 0 Å². The van der Waals surface area contributed by atoms with Crippen LogP contribution >= 0.6 is 24.8 Å². The molecular weight excluding hydrogens is 385 g/mol. The molecule has 148 valence electrons. The summed E-state index contributed by atoms with van der Waals surface area (Å²) in [4.78, 5) is 16.8. The van der Waals surface area contributed by atoms with Crippen molar-refractivity contribution in [2.75, 3.05) is 38.2 Å². The van der Waals surface area contributed by atoms with E-state index in [0.29, 0.717) is 19.5 Å². The maximum absolute atomic E-state index is 12.6. The number of carbonyl (C=O) groups excluding carboxylic acids is 1. The summed E-state index contributed by atoms with van der Waals surface area (Å²) < 4.78 is 5.44. The van der Waals surface area contributed by atoms with Crippen molar-refractivity contribution in [2.24, 2.45) is 5.73 Å². The van der Waals surface area contributed by atoms with E-state index in [1.165, 1.54) is 0 Å². The Morgan fingerprint density at radius 2 is 1.59 bits per heavy atom. The lowest BCUT2D eigenvalue weighted by molar-refractivity contribution is -0.132. The standard InChI is InChI=1S/C20H25N3O2.2ClH/c1-25-19-10-6-5-9-18(19)22-11-13-23(14-12-22)20(24)17(21)15-16-7-3-2-4-8-16;;/h2-10,17H,11-15,21H2,1H3;2*1H/t17-;;/m0../s1. The molecular formula is C20H27Cl2N3O2. The van der Waals surface area contributed by atoms with Crippen LogP contribution in [0.2, 0.25) is 0 Å². The van der Waals surface area contributed by atoms with Gasteiger partial charge in [-0.2, -0.15) is 0 Å². The first-order valence-electron chi connectivity index (χ1n) is 8.65. The topological polar surface area (TPSA) is 58.8 Å². The number of halogens is 2. The van der Waals surface area contributed by atoms with Crippen LogP contribution in [0.1, 0.15) is 5.56 Å². The highest BCUT2D eigenvalue weighted by atomic mass is 35.5. The van der Waals surface area contributed by atoms with E-state index in [-0.39, 0.29) is 30.7 Å². The van der Waals surface area contributed by atoms with Crippen molar-refractivity contribution in [1.29, 1.82) is 0 Å². The van der Waals surface area contributed by atoms with Crippen LogP contribution in [-0.2, 0) is 11.2 Å². The van der Waals surface area contributed by atoms with Crippen LogP contribution in [-0.4, -0.2) is 50.1 Å². The van der Waals surface area contributed by atoms with E-state index in [1.807, 2.05) is 53.4 Å². The largest absolute Gasteiger partial charge is 0.495 e. The third-order valence-corrected chi connectivity index (χ3v) is 4.63. The van der Waals surface area contributed by atoms with Gasteiger partial charge in [0.1, 0.15) is 5.75 Å². The second-order valence-electron chi connectivity index (χ2n) is 6.28. The van der Waals surface area contributed by atoms with Gasteiger partial charge in [-0.15, -0.1) is 24.8 Å². The number of amides is 1. The molecule has 2 N–H and O–H groups in total. The summed E-state index contributed by atoms with van der Waals surface area (Å²) in [6.07, 6.45) is 0.576. The monoisotopic (exact) mass is 411 g/mol. The van der Waals surface area contributed by atoms with E-state index in [4.69, 9.17) is 10.5 Å². The van der Waals surface area contributed by atoms with Crippen molar-refractivity contribution in [3.8, 4) is 5.75 Å². The molecule has 27 heavy (non-hydrogen) atoms. The molecule has 0 spiro atoms. The fourth-order valence-corrected chi connectivity index (χ4v) is 3.25. The number of ether oxygens (including phenoxy) is 1. The molecule has 0 aliphatic carbocycles. The maximum atomic E-state index is 12.6. The molecule has 0 aromatic heterocycles. The molecule has 1 saturated heterocycles. The summed E-state index contributed by atoms with van der Waals surface area (Å²) in [5, 5.41) is 0. The lowest BCUT2D eigenvalue weighted by atomic mass is 10.1. The van der Waals surface area contributed by atoms with Gasteiger partial charge in [-0.25, -0.2) is 0 Å². The maximum Gasteiger partial charge on any atom is 0.239 e. The second kappa shape index (κ2) is 11.0. The van der Waals surface area contributed by atoms with Crippen LogP contribution in [0.15, 0.2) is 54.6 Å². The van der Waals surface area contributed by atoms with Crippen molar-refractivity contribution in [2.45, 2.75) is 12.5 Å². The summed E-state index contributed by atoms with van der Waals surface area (Å²) in [7, 11) is 1.68. The number of nitrogens with two attached hydrogens (primary N) is 1. The van der Waals surface area contributed by atoms with Gasteiger partial charge in [-0.1, -0.05) is 42.5 Å². The summed E-state index contributed by atoms with van der Waals surface area (Å²) in [5.74, 6) is 0.895. The van der Waals surface area contributed by atoms with Crippen LogP contribution < -0.4 is 15.4 Å². The average Bonchev–Trinajstić information content (AvgIpc) is 2.68. The van der Waals surface area contributed by atoms with Crippen LogP contribution in [0.5, 0.6) is 5.75 Å². The predicted octanol–water partition coefficient (Wildman–Crippen LogP) is 2.76. The summed E-state index contributed by atoms with van der Waals surface area (Å²) in [6, 6.07) is 17.4. The Labute approximate surface area is 173 Å². The minimum Gasteiger partial charge on any atom is -0.495 e. The highest BCUT2D eigenvalue weighted by Gasteiger charge is 2.26. The molecule has 3 rings (SSSR count). The lowest BCUT2D eigenvalue weighted by Crippen LogP contribution is -2.53. The SMILES string of the molecule is COc1ccccc1N1CCN(C(=O)[C@@H](N)Cc2ccccc2)CC1.Cl.Cl. The van der Waals surface area contributed by atoms with Gasteiger partial charge in [0.15, 0.2) is 0 Å². The van der Waals surface area contributed by atoms with Crippen LogP contribution in [0.25, 0.3) is 0 Å². The van der Waals surface area contributed by atoms with Crippen molar-refractivity contribution in [3.05, 3.63) is 60.2 Å². The molecule has 1 fully saturated rings. The van der Waals surface area contributed by atoms with Gasteiger partial charge in [0.05, 0.1) is 18.8 Å². The smallest absolute Gasteiger partial charge is 0.239 e. The number of nitrogens with zero attached hydrogens (tertiary/aromatic N) is 2. The number of para-hydroxylation sites is 2. The molecule has 7 heteroatoms. The molecule has 2 aromatic carbocycles. The molecule has 0 unspecified atom stereocenters. The Balaban J connectivity index is 0.00000182. The van der Waals surface area contributed by atoms with Gasteiger partial charge in [0, 0.05) is 26.2 Å². The zero-order valence-electron chi connectivity index (χ0n) is 15.4. The summed E-state index contributed by atoms with van der Waals surface area (Å²) >= 11 is 0. The molecule has 1 heterocycles. The van der Waals surface area contributed by atoms with Crippen molar-refractivity contribution < 1.29 is 9.53 Å². The van der Waals surface area contributed by atoms with E-state index in [9.17, 15) is 4.79 Å². The molecule has 1 atom stereocenters. The van der Waals surface area contributed by atoms with E-state index in [1.54, 1.807) is 7.11 Å². The third-order valence-electron chi connectivity index (χ3n) is 4.63. The molecule has 1 amide bonds. The Morgan fingerprint density at radius 1 is 1.00 bits per heavy atom. The predicted molar refractivity (Wildman–Crippen MR) is 114 cm³/mol. The number of hydrogen-bond donors (Lipinski definition) is 1. The van der Waals surface area contributed by atoms with E-state index < -0.39 is 6.04 Å². The summed E-state index contributed by atoms with van der Waals surface area (Å²) in [5.41, 5.74) is 8.31. The molecule has 0 radical (unpaired) electrons. The summed E-state index contributed by atoms with van der Waals surface area (Å²) in [6.45, 7) is 2.92. The molecule has 2 aromatic rings. The van der Waals surface area contributed by atoms with Crippen molar-refractivity contribution in [3.63, 3.8) is 0 Å². The molecule has 5 nitrogen and oxygen atoms in total. The Kier molecular flexibility index (Phi) is 9.43. The number of carbonyl (C=O) groups is 1. The fraction of sp³-hybridized carbons (Fsp3) is 0.350. The third kappa shape index (κ3) is 5.76.